The Morgan fingerprint density at radius 1 is 0.958 bits per heavy atom. The highest BCUT2D eigenvalue weighted by molar-refractivity contribution is 5.28. The SMILES string of the molecule is CCC(C)NCc1ccc(OCc2ccc(C(F)(F)F)cc2)cc1. The zero-order chi connectivity index (χ0) is 17.6. The molecule has 24 heavy (non-hydrogen) atoms. The first-order valence-corrected chi connectivity index (χ1v) is 7.99. The monoisotopic (exact) mass is 337 g/mol. The summed E-state index contributed by atoms with van der Waals surface area (Å²) >= 11 is 0. The predicted molar refractivity (Wildman–Crippen MR) is 88.8 cm³/mol. The first kappa shape index (κ1) is 18.3. The zero-order valence-corrected chi connectivity index (χ0v) is 13.9. The Morgan fingerprint density at radius 3 is 2.08 bits per heavy atom. The van der Waals surface area contributed by atoms with Crippen molar-refractivity contribution in [2.45, 2.75) is 45.6 Å². The summed E-state index contributed by atoms with van der Waals surface area (Å²) in [6, 6.07) is 13.2. The van der Waals surface area contributed by atoms with Crippen molar-refractivity contribution in [3.8, 4) is 5.75 Å². The molecular weight excluding hydrogens is 315 g/mol. The smallest absolute Gasteiger partial charge is 0.416 e. The van der Waals surface area contributed by atoms with Gasteiger partial charge in [-0.15, -0.1) is 0 Å². The van der Waals surface area contributed by atoms with Crippen molar-refractivity contribution < 1.29 is 17.9 Å². The summed E-state index contributed by atoms with van der Waals surface area (Å²) < 4.78 is 43.1. The molecule has 2 nitrogen and oxygen atoms in total. The van der Waals surface area contributed by atoms with Crippen molar-refractivity contribution in [3.63, 3.8) is 0 Å². The lowest BCUT2D eigenvalue weighted by Gasteiger charge is -2.12. The van der Waals surface area contributed by atoms with Crippen molar-refractivity contribution in [2.24, 2.45) is 0 Å². The molecule has 0 radical (unpaired) electrons. The van der Waals surface area contributed by atoms with E-state index < -0.39 is 11.7 Å². The van der Waals surface area contributed by atoms with Crippen molar-refractivity contribution in [3.05, 3.63) is 65.2 Å². The highest BCUT2D eigenvalue weighted by atomic mass is 19.4. The minimum atomic E-state index is -4.31. The highest BCUT2D eigenvalue weighted by Gasteiger charge is 2.29. The van der Waals surface area contributed by atoms with Gasteiger partial charge in [0.05, 0.1) is 5.56 Å². The fourth-order valence-electron chi connectivity index (χ4n) is 2.10. The molecule has 0 amide bonds. The normalized spacial score (nSPS) is 12.9. The standard InChI is InChI=1S/C19H22F3NO/c1-3-14(2)23-12-15-6-10-18(11-7-15)24-13-16-4-8-17(9-5-16)19(20,21)22/h4-11,14,23H,3,12-13H2,1-2H3. The minimum Gasteiger partial charge on any atom is -0.489 e. The van der Waals surface area contributed by atoms with Crippen LogP contribution in [0, 0.1) is 0 Å². The number of nitrogens with one attached hydrogen (secondary N) is 1. The summed E-state index contributed by atoms with van der Waals surface area (Å²) in [7, 11) is 0. The Morgan fingerprint density at radius 2 is 1.54 bits per heavy atom. The van der Waals surface area contributed by atoms with Gasteiger partial charge in [-0.25, -0.2) is 0 Å². The van der Waals surface area contributed by atoms with Crippen LogP contribution in [0.5, 0.6) is 5.75 Å². The third kappa shape index (κ3) is 5.57. The predicted octanol–water partition coefficient (Wildman–Crippen LogP) is 5.17. The van der Waals surface area contributed by atoms with E-state index in [2.05, 4.69) is 19.2 Å². The van der Waals surface area contributed by atoms with Crippen LogP contribution in [0.25, 0.3) is 0 Å². The van der Waals surface area contributed by atoms with E-state index in [0.717, 1.165) is 30.7 Å². The van der Waals surface area contributed by atoms with E-state index in [-0.39, 0.29) is 6.61 Å². The molecule has 0 aliphatic rings. The summed E-state index contributed by atoms with van der Waals surface area (Å²) in [5.41, 5.74) is 1.21. The second-order valence-corrected chi connectivity index (χ2v) is 5.82. The van der Waals surface area contributed by atoms with Gasteiger partial charge in [-0.2, -0.15) is 13.2 Å². The molecule has 0 saturated carbocycles. The molecule has 0 heterocycles. The summed E-state index contributed by atoms with van der Waals surface area (Å²) in [4.78, 5) is 0. The number of ether oxygens (including phenoxy) is 1. The van der Waals surface area contributed by atoms with Crippen LogP contribution in [-0.2, 0) is 19.3 Å². The van der Waals surface area contributed by atoms with Crippen molar-refractivity contribution in [1.82, 2.24) is 5.32 Å². The molecule has 5 heteroatoms. The van der Waals surface area contributed by atoms with Gasteiger partial charge in [0.25, 0.3) is 0 Å². The van der Waals surface area contributed by atoms with Crippen molar-refractivity contribution >= 4 is 0 Å². The third-order valence-electron chi connectivity index (χ3n) is 3.88. The van der Waals surface area contributed by atoms with Gasteiger partial charge >= 0.3 is 6.18 Å². The molecule has 0 fully saturated rings. The van der Waals surface area contributed by atoms with E-state index in [4.69, 9.17) is 4.74 Å². The Balaban J connectivity index is 1.86. The van der Waals surface area contributed by atoms with Crippen LogP contribution in [0.4, 0.5) is 13.2 Å². The second kappa shape index (κ2) is 8.20. The maximum atomic E-state index is 12.5. The van der Waals surface area contributed by atoms with Crippen LogP contribution in [0.3, 0.4) is 0 Å². The van der Waals surface area contributed by atoms with E-state index in [0.29, 0.717) is 17.4 Å². The van der Waals surface area contributed by atoms with Crippen molar-refractivity contribution in [1.29, 1.82) is 0 Å². The second-order valence-electron chi connectivity index (χ2n) is 5.82. The lowest BCUT2D eigenvalue weighted by Crippen LogP contribution is -2.24. The van der Waals surface area contributed by atoms with Gasteiger partial charge in [-0.1, -0.05) is 31.2 Å². The van der Waals surface area contributed by atoms with Crippen LogP contribution in [0.15, 0.2) is 48.5 Å². The first-order valence-electron chi connectivity index (χ1n) is 7.99. The lowest BCUT2D eigenvalue weighted by molar-refractivity contribution is -0.137. The average molecular weight is 337 g/mol. The van der Waals surface area contributed by atoms with E-state index in [9.17, 15) is 13.2 Å². The Bertz CT molecular complexity index is 621. The largest absolute Gasteiger partial charge is 0.489 e. The molecule has 2 rings (SSSR count). The summed E-state index contributed by atoms with van der Waals surface area (Å²) in [6.07, 6.45) is -3.23. The number of halogens is 3. The first-order chi connectivity index (χ1) is 11.4. The summed E-state index contributed by atoms with van der Waals surface area (Å²) in [6.45, 7) is 5.31. The Labute approximate surface area is 140 Å². The molecule has 0 aliphatic carbocycles. The molecule has 0 bridgehead atoms. The topological polar surface area (TPSA) is 21.3 Å². The molecule has 0 spiro atoms. The minimum absolute atomic E-state index is 0.239. The molecule has 0 saturated heterocycles. The van der Waals surface area contributed by atoms with Crippen LogP contribution < -0.4 is 10.1 Å². The molecule has 2 aromatic rings. The lowest BCUT2D eigenvalue weighted by atomic mass is 10.1. The van der Waals surface area contributed by atoms with Crippen molar-refractivity contribution in [2.75, 3.05) is 0 Å². The summed E-state index contributed by atoms with van der Waals surface area (Å²) in [5.74, 6) is 0.696. The quantitative estimate of drug-likeness (QED) is 0.752. The van der Waals surface area contributed by atoms with Crippen LogP contribution in [0.2, 0.25) is 0 Å². The van der Waals surface area contributed by atoms with Gasteiger partial charge in [-0.05, 0) is 48.7 Å². The number of alkyl halides is 3. The maximum absolute atomic E-state index is 12.5. The third-order valence-corrected chi connectivity index (χ3v) is 3.88. The van der Waals surface area contributed by atoms with Gasteiger partial charge in [0, 0.05) is 12.6 Å². The molecule has 130 valence electrons. The van der Waals surface area contributed by atoms with E-state index in [1.165, 1.54) is 12.1 Å². The van der Waals surface area contributed by atoms with Gasteiger partial charge in [-0.3, -0.25) is 0 Å². The molecule has 0 aromatic heterocycles. The van der Waals surface area contributed by atoms with Crippen LogP contribution in [-0.4, -0.2) is 6.04 Å². The molecule has 1 unspecified atom stereocenters. The number of hydrogen-bond acceptors (Lipinski definition) is 2. The molecule has 0 aliphatic heterocycles. The maximum Gasteiger partial charge on any atom is 0.416 e. The average Bonchev–Trinajstić information content (AvgIpc) is 2.58. The number of rotatable bonds is 7. The van der Waals surface area contributed by atoms with E-state index >= 15 is 0 Å². The summed E-state index contributed by atoms with van der Waals surface area (Å²) in [5, 5.41) is 3.41. The zero-order valence-electron chi connectivity index (χ0n) is 13.9. The van der Waals surface area contributed by atoms with E-state index in [1.807, 2.05) is 24.3 Å². The number of hydrogen-bond donors (Lipinski definition) is 1. The van der Waals surface area contributed by atoms with E-state index in [1.54, 1.807) is 0 Å². The molecule has 2 aromatic carbocycles. The van der Waals surface area contributed by atoms with Gasteiger partial charge in [0.2, 0.25) is 0 Å². The van der Waals surface area contributed by atoms with Crippen LogP contribution in [0.1, 0.15) is 37.0 Å². The fourth-order valence-corrected chi connectivity index (χ4v) is 2.10. The molecule has 1 atom stereocenters. The molecule has 1 N–H and O–H groups in total. The van der Waals surface area contributed by atoms with Crippen LogP contribution >= 0.6 is 0 Å². The van der Waals surface area contributed by atoms with Gasteiger partial charge in [0.15, 0.2) is 0 Å². The molecular formula is C19H22F3NO. The van der Waals surface area contributed by atoms with Gasteiger partial charge in [0.1, 0.15) is 12.4 Å². The Hall–Kier alpha value is -2.01. The fraction of sp³-hybridized carbons (Fsp3) is 0.368. The Kier molecular flexibility index (Phi) is 6.26. The highest BCUT2D eigenvalue weighted by Crippen LogP contribution is 2.29. The number of benzene rings is 2. The van der Waals surface area contributed by atoms with Gasteiger partial charge < -0.3 is 10.1 Å².